The van der Waals surface area contributed by atoms with Gasteiger partial charge in [0.15, 0.2) is 0 Å². The van der Waals surface area contributed by atoms with E-state index in [-0.39, 0.29) is 5.76 Å². The highest BCUT2D eigenvalue weighted by molar-refractivity contribution is 6.72. The molecule has 0 bridgehead atoms. The normalized spacial score (nSPS) is 10.8. The van der Waals surface area contributed by atoms with E-state index in [1.54, 1.807) is 12.1 Å². The minimum atomic E-state index is -2.02. The molecule has 5 heteroatoms. The molecule has 0 radical (unpaired) electrons. The fourth-order valence-electron chi connectivity index (χ4n) is 1.34. The average molecular weight is 237 g/mol. The van der Waals surface area contributed by atoms with Gasteiger partial charge in [0, 0.05) is 6.42 Å². The van der Waals surface area contributed by atoms with Gasteiger partial charge in [-0.05, 0) is 37.7 Å². The lowest BCUT2D eigenvalue weighted by Crippen LogP contribution is -2.33. The number of hydrogen-bond acceptors (Lipinski definition) is 4. The second-order valence-electron chi connectivity index (χ2n) is 4.14. The zero-order valence-corrected chi connectivity index (χ0v) is 10.5. The van der Waals surface area contributed by atoms with Crippen molar-refractivity contribution >= 4 is 14.3 Å². The Kier molecular flexibility index (Phi) is 4.32. The summed E-state index contributed by atoms with van der Waals surface area (Å²) >= 11 is 0. The van der Waals surface area contributed by atoms with Crippen LogP contribution in [0.3, 0.4) is 0 Å². The molecule has 0 N–H and O–H groups in total. The quantitative estimate of drug-likeness (QED) is 0.583. The van der Waals surface area contributed by atoms with Crippen LogP contribution in [0.25, 0.3) is 0 Å². The number of carbonyl (C=O) groups is 1. The van der Waals surface area contributed by atoms with E-state index in [1.165, 1.54) is 6.26 Å². The SMILES string of the molecule is C[Si](C)(CCCC#N)OC(=O)c1ccco1. The number of rotatable bonds is 5. The third kappa shape index (κ3) is 3.91. The van der Waals surface area contributed by atoms with Gasteiger partial charge < -0.3 is 8.84 Å². The van der Waals surface area contributed by atoms with Crippen molar-refractivity contribution in [2.75, 3.05) is 0 Å². The maximum Gasteiger partial charge on any atom is 0.360 e. The standard InChI is InChI=1S/C11H15NO3Si/c1-16(2,9-4-3-7-12)15-11(13)10-6-5-8-14-10/h5-6,8H,3-4,9H2,1-2H3. The molecule has 86 valence electrons. The van der Waals surface area contributed by atoms with Crippen LogP contribution in [0.15, 0.2) is 22.8 Å². The van der Waals surface area contributed by atoms with Crippen LogP contribution >= 0.6 is 0 Å². The van der Waals surface area contributed by atoms with Crippen LogP contribution < -0.4 is 0 Å². The number of nitriles is 1. The third-order valence-corrected chi connectivity index (χ3v) is 4.45. The van der Waals surface area contributed by atoms with E-state index in [1.807, 2.05) is 13.1 Å². The highest BCUT2D eigenvalue weighted by Gasteiger charge is 2.27. The summed E-state index contributed by atoms with van der Waals surface area (Å²) in [6, 6.07) is 6.12. The summed E-state index contributed by atoms with van der Waals surface area (Å²) in [5.74, 6) is -0.167. The van der Waals surface area contributed by atoms with Gasteiger partial charge in [0.1, 0.15) is 0 Å². The summed E-state index contributed by atoms with van der Waals surface area (Å²) in [5, 5.41) is 8.44. The molecule has 0 aliphatic carbocycles. The van der Waals surface area contributed by atoms with E-state index >= 15 is 0 Å². The highest BCUT2D eigenvalue weighted by atomic mass is 28.4. The van der Waals surface area contributed by atoms with Crippen LogP contribution in [0, 0.1) is 11.3 Å². The average Bonchev–Trinajstić information content (AvgIpc) is 2.69. The van der Waals surface area contributed by atoms with Gasteiger partial charge in [-0.15, -0.1) is 0 Å². The first-order valence-corrected chi connectivity index (χ1v) is 8.30. The summed E-state index contributed by atoms with van der Waals surface area (Å²) in [7, 11) is -2.02. The minimum Gasteiger partial charge on any atom is -0.514 e. The van der Waals surface area contributed by atoms with E-state index in [9.17, 15) is 4.79 Å². The molecular weight excluding hydrogens is 222 g/mol. The molecule has 0 amide bonds. The van der Waals surface area contributed by atoms with Crippen molar-refractivity contribution in [3.05, 3.63) is 24.2 Å². The number of furan rings is 1. The first kappa shape index (κ1) is 12.5. The number of nitrogens with zero attached hydrogens (tertiary/aromatic N) is 1. The first-order chi connectivity index (χ1) is 7.55. The maximum atomic E-state index is 11.6. The van der Waals surface area contributed by atoms with Crippen molar-refractivity contribution in [3.63, 3.8) is 0 Å². The summed E-state index contributed by atoms with van der Waals surface area (Å²) in [4.78, 5) is 11.6. The molecule has 1 aromatic rings. The maximum absolute atomic E-state index is 11.6. The van der Waals surface area contributed by atoms with Crippen LogP contribution in [0.2, 0.25) is 19.1 Å². The second-order valence-corrected chi connectivity index (χ2v) is 8.36. The zero-order valence-electron chi connectivity index (χ0n) is 9.53. The molecule has 0 aliphatic heterocycles. The summed E-state index contributed by atoms with van der Waals surface area (Å²) in [6.07, 6.45) is 2.73. The Balaban J connectivity index is 2.46. The van der Waals surface area contributed by atoms with E-state index in [0.717, 1.165) is 12.5 Å². The predicted octanol–water partition coefficient (Wildman–Crippen LogP) is 2.95. The first-order valence-electron chi connectivity index (χ1n) is 5.19. The van der Waals surface area contributed by atoms with Gasteiger partial charge in [-0.1, -0.05) is 0 Å². The van der Waals surface area contributed by atoms with Crippen molar-refractivity contribution in [2.24, 2.45) is 0 Å². The van der Waals surface area contributed by atoms with Gasteiger partial charge in [-0.3, -0.25) is 0 Å². The van der Waals surface area contributed by atoms with Gasteiger partial charge in [0.2, 0.25) is 14.1 Å². The van der Waals surface area contributed by atoms with Crippen LogP contribution in [0.5, 0.6) is 0 Å². The second kappa shape index (κ2) is 5.52. The Morgan fingerprint density at radius 3 is 2.94 bits per heavy atom. The molecule has 0 spiro atoms. The topological polar surface area (TPSA) is 63.2 Å². The van der Waals surface area contributed by atoms with Gasteiger partial charge in [0.05, 0.1) is 12.3 Å². The van der Waals surface area contributed by atoms with E-state index in [4.69, 9.17) is 14.1 Å². The largest absolute Gasteiger partial charge is 0.514 e. The molecule has 0 aromatic carbocycles. The summed E-state index contributed by atoms with van der Waals surface area (Å²) < 4.78 is 10.4. The van der Waals surface area contributed by atoms with E-state index < -0.39 is 14.3 Å². The molecule has 1 rings (SSSR count). The van der Waals surface area contributed by atoms with Crippen LogP contribution in [0.1, 0.15) is 23.4 Å². The van der Waals surface area contributed by atoms with E-state index in [0.29, 0.717) is 6.42 Å². The van der Waals surface area contributed by atoms with Gasteiger partial charge >= 0.3 is 5.97 Å². The molecule has 1 aromatic heterocycles. The number of unbranched alkanes of at least 4 members (excludes halogenated alkanes) is 1. The lowest BCUT2D eigenvalue weighted by molar-refractivity contribution is 0.0688. The van der Waals surface area contributed by atoms with Crippen LogP contribution in [0.4, 0.5) is 0 Å². The van der Waals surface area contributed by atoms with Crippen molar-refractivity contribution in [1.29, 1.82) is 5.26 Å². The molecule has 0 atom stereocenters. The minimum absolute atomic E-state index is 0.237. The van der Waals surface area contributed by atoms with Crippen molar-refractivity contribution in [2.45, 2.75) is 32.0 Å². The number of hydrogen-bond donors (Lipinski definition) is 0. The Morgan fingerprint density at radius 1 is 1.62 bits per heavy atom. The Hall–Kier alpha value is -1.54. The lowest BCUT2D eigenvalue weighted by Gasteiger charge is -2.21. The molecule has 0 unspecified atom stereocenters. The molecule has 0 aliphatic rings. The third-order valence-electron chi connectivity index (χ3n) is 2.16. The zero-order chi connectivity index (χ0) is 12.0. The Bertz CT molecular complexity index is 378. The van der Waals surface area contributed by atoms with Crippen molar-refractivity contribution in [3.8, 4) is 6.07 Å². The molecule has 4 nitrogen and oxygen atoms in total. The molecule has 16 heavy (non-hydrogen) atoms. The van der Waals surface area contributed by atoms with Gasteiger partial charge in [0.25, 0.3) is 0 Å². The van der Waals surface area contributed by atoms with Crippen LogP contribution in [-0.2, 0) is 4.43 Å². The molecular formula is C11H15NO3Si. The monoisotopic (exact) mass is 237 g/mol. The highest BCUT2D eigenvalue weighted by Crippen LogP contribution is 2.17. The predicted molar refractivity (Wildman–Crippen MR) is 61.3 cm³/mol. The Labute approximate surface area is 96.0 Å². The molecule has 0 saturated carbocycles. The van der Waals surface area contributed by atoms with Crippen molar-refractivity contribution in [1.82, 2.24) is 0 Å². The van der Waals surface area contributed by atoms with Gasteiger partial charge in [-0.25, -0.2) is 4.79 Å². The fourth-order valence-corrected chi connectivity index (χ4v) is 3.07. The summed E-state index contributed by atoms with van der Waals surface area (Å²) in [6.45, 7) is 3.93. The van der Waals surface area contributed by atoms with Gasteiger partial charge in [-0.2, -0.15) is 5.26 Å². The fraction of sp³-hybridized carbons (Fsp3) is 0.455. The molecule has 0 saturated heterocycles. The Morgan fingerprint density at radius 2 is 2.38 bits per heavy atom. The van der Waals surface area contributed by atoms with Crippen LogP contribution in [-0.4, -0.2) is 14.3 Å². The lowest BCUT2D eigenvalue weighted by atomic mass is 10.4. The number of carbonyl (C=O) groups excluding carboxylic acids is 1. The smallest absolute Gasteiger partial charge is 0.360 e. The molecule has 0 fully saturated rings. The van der Waals surface area contributed by atoms with E-state index in [2.05, 4.69) is 6.07 Å². The molecule has 1 heterocycles. The van der Waals surface area contributed by atoms with Crippen molar-refractivity contribution < 1.29 is 13.6 Å². The summed E-state index contributed by atoms with van der Waals surface area (Å²) in [5.41, 5.74) is 0.